The predicted molar refractivity (Wildman–Crippen MR) is 96.8 cm³/mol. The second-order valence-corrected chi connectivity index (χ2v) is 7.78. The number of hydrogen-bond acceptors (Lipinski definition) is 6. The summed E-state index contributed by atoms with van der Waals surface area (Å²) in [5.41, 5.74) is -0.260. The molecule has 1 saturated carbocycles. The highest BCUT2D eigenvalue weighted by molar-refractivity contribution is 5.93. The second kappa shape index (κ2) is 7.52. The molecule has 2 saturated heterocycles. The van der Waals surface area contributed by atoms with Gasteiger partial charge in [0.25, 0.3) is 5.91 Å². The number of nitrogens with one attached hydrogen (secondary N) is 1. The van der Waals surface area contributed by atoms with Crippen molar-refractivity contribution in [3.8, 4) is 0 Å². The molecular formula is C19H26N4O4. The zero-order chi connectivity index (χ0) is 18.9. The maximum absolute atomic E-state index is 12.7. The van der Waals surface area contributed by atoms with E-state index in [9.17, 15) is 9.59 Å². The predicted octanol–water partition coefficient (Wildman–Crippen LogP) is 1.38. The highest BCUT2D eigenvalue weighted by atomic mass is 16.5. The topological polar surface area (TPSA) is 93.7 Å². The molecule has 0 radical (unpaired) electrons. The van der Waals surface area contributed by atoms with Crippen molar-refractivity contribution in [2.75, 3.05) is 25.5 Å². The van der Waals surface area contributed by atoms with Gasteiger partial charge in [-0.3, -0.25) is 14.6 Å². The molecule has 0 spiro atoms. The number of fused-ring (bicyclic) bond motifs is 1. The lowest BCUT2D eigenvalue weighted by Gasteiger charge is -2.42. The smallest absolute Gasteiger partial charge is 0.254 e. The van der Waals surface area contributed by atoms with Gasteiger partial charge in [0.2, 0.25) is 5.91 Å². The van der Waals surface area contributed by atoms with Crippen LogP contribution in [0.15, 0.2) is 18.6 Å². The van der Waals surface area contributed by atoms with E-state index in [2.05, 4.69) is 15.3 Å². The van der Waals surface area contributed by atoms with E-state index in [0.29, 0.717) is 31.1 Å². The lowest BCUT2D eigenvalue weighted by molar-refractivity contribution is -0.148. The van der Waals surface area contributed by atoms with Crippen molar-refractivity contribution in [3.05, 3.63) is 18.6 Å². The zero-order valence-corrected chi connectivity index (χ0v) is 15.6. The Morgan fingerprint density at radius 3 is 2.93 bits per heavy atom. The zero-order valence-electron chi connectivity index (χ0n) is 15.6. The molecule has 2 aliphatic heterocycles. The Balaban J connectivity index is 1.31. The van der Waals surface area contributed by atoms with Crippen LogP contribution in [0.5, 0.6) is 0 Å². The highest BCUT2D eigenvalue weighted by Gasteiger charge is 2.45. The quantitative estimate of drug-likeness (QED) is 0.837. The van der Waals surface area contributed by atoms with Crippen LogP contribution in [0, 0.1) is 5.92 Å². The van der Waals surface area contributed by atoms with Crippen molar-refractivity contribution in [2.45, 2.75) is 56.3 Å². The van der Waals surface area contributed by atoms with Crippen molar-refractivity contribution in [2.24, 2.45) is 5.92 Å². The first-order valence-corrected chi connectivity index (χ1v) is 9.64. The molecule has 2 amide bonds. The van der Waals surface area contributed by atoms with Crippen LogP contribution in [0.25, 0.3) is 0 Å². The fraction of sp³-hybridized carbons (Fsp3) is 0.684. The van der Waals surface area contributed by atoms with Crippen LogP contribution in [0.1, 0.15) is 38.5 Å². The van der Waals surface area contributed by atoms with Crippen LogP contribution in [-0.4, -0.2) is 64.7 Å². The van der Waals surface area contributed by atoms with Gasteiger partial charge in [0.15, 0.2) is 5.82 Å². The summed E-state index contributed by atoms with van der Waals surface area (Å²) in [6.07, 6.45) is 9.02. The number of piperidine rings is 1. The van der Waals surface area contributed by atoms with Gasteiger partial charge < -0.3 is 19.7 Å². The van der Waals surface area contributed by atoms with Crippen molar-refractivity contribution in [1.29, 1.82) is 0 Å². The summed E-state index contributed by atoms with van der Waals surface area (Å²) in [4.78, 5) is 35.0. The van der Waals surface area contributed by atoms with Gasteiger partial charge in [-0.2, -0.15) is 0 Å². The Morgan fingerprint density at radius 2 is 2.26 bits per heavy atom. The molecule has 3 fully saturated rings. The molecule has 1 aliphatic carbocycles. The van der Waals surface area contributed by atoms with Crippen molar-refractivity contribution in [3.63, 3.8) is 0 Å². The van der Waals surface area contributed by atoms with Gasteiger partial charge in [-0.15, -0.1) is 0 Å². The molecule has 1 N–H and O–H groups in total. The number of carbonyl (C=O) groups is 2. The molecule has 146 valence electrons. The summed E-state index contributed by atoms with van der Waals surface area (Å²) >= 11 is 0. The number of hydrogen-bond donors (Lipinski definition) is 1. The van der Waals surface area contributed by atoms with Gasteiger partial charge in [0.1, 0.15) is 6.10 Å². The minimum atomic E-state index is -0.506. The van der Waals surface area contributed by atoms with E-state index < -0.39 is 6.10 Å². The number of nitrogens with zero attached hydrogens (tertiary/aromatic N) is 3. The minimum Gasteiger partial charge on any atom is -0.378 e. The molecule has 0 bridgehead atoms. The average Bonchev–Trinajstić information content (AvgIpc) is 3.09. The molecule has 27 heavy (non-hydrogen) atoms. The van der Waals surface area contributed by atoms with E-state index in [1.807, 2.05) is 4.90 Å². The number of methoxy groups -OCH3 is 1. The van der Waals surface area contributed by atoms with E-state index in [1.54, 1.807) is 13.3 Å². The van der Waals surface area contributed by atoms with Gasteiger partial charge in [0, 0.05) is 32.6 Å². The largest absolute Gasteiger partial charge is 0.378 e. The monoisotopic (exact) mass is 374 g/mol. The maximum atomic E-state index is 12.7. The van der Waals surface area contributed by atoms with Crippen LogP contribution in [0.4, 0.5) is 5.82 Å². The standard InChI is InChI=1S/C19H26N4O4/c1-26-19(4-2-5-19)10-17(24)23-8-3-13-9-14(27-15(13)12-23)18(25)22-16-11-20-6-7-21-16/h6-7,11,13-15H,2-5,8-10,12H2,1H3,(H,21,22,25)/t13-,14-,15+/m0/s1. The molecule has 3 aliphatic rings. The maximum Gasteiger partial charge on any atom is 0.254 e. The number of rotatable bonds is 5. The molecule has 1 aromatic rings. The SMILES string of the molecule is COC1(CC(=O)N2CC[C@H]3C[C@@H](C(=O)Nc4cnccn4)O[C@@H]3C2)CCC1. The summed E-state index contributed by atoms with van der Waals surface area (Å²) in [6.45, 7) is 1.28. The van der Waals surface area contributed by atoms with Crippen LogP contribution < -0.4 is 5.32 Å². The first-order valence-electron chi connectivity index (χ1n) is 9.64. The fourth-order valence-corrected chi connectivity index (χ4v) is 4.31. The summed E-state index contributed by atoms with van der Waals surface area (Å²) < 4.78 is 11.6. The van der Waals surface area contributed by atoms with Crippen molar-refractivity contribution >= 4 is 17.6 Å². The Kier molecular flexibility index (Phi) is 5.10. The van der Waals surface area contributed by atoms with E-state index in [0.717, 1.165) is 32.2 Å². The first kappa shape index (κ1) is 18.3. The van der Waals surface area contributed by atoms with Gasteiger partial charge in [-0.1, -0.05) is 0 Å². The number of anilines is 1. The average molecular weight is 374 g/mol. The summed E-state index contributed by atoms with van der Waals surface area (Å²) in [7, 11) is 1.69. The van der Waals surface area contributed by atoms with Crippen LogP contribution in [-0.2, 0) is 19.1 Å². The van der Waals surface area contributed by atoms with E-state index in [4.69, 9.17) is 9.47 Å². The van der Waals surface area contributed by atoms with Gasteiger partial charge in [0.05, 0.1) is 24.3 Å². The summed E-state index contributed by atoms with van der Waals surface area (Å²) in [6, 6.07) is 0. The highest BCUT2D eigenvalue weighted by Crippen LogP contribution is 2.39. The van der Waals surface area contributed by atoms with Gasteiger partial charge >= 0.3 is 0 Å². The molecule has 0 unspecified atom stereocenters. The Bertz CT molecular complexity index is 689. The number of carbonyl (C=O) groups excluding carboxylic acids is 2. The van der Waals surface area contributed by atoms with Crippen LogP contribution >= 0.6 is 0 Å². The molecule has 0 aromatic carbocycles. The molecule has 1 aromatic heterocycles. The lowest BCUT2D eigenvalue weighted by atomic mass is 9.77. The molecule has 3 atom stereocenters. The number of ether oxygens (including phenoxy) is 2. The van der Waals surface area contributed by atoms with E-state index >= 15 is 0 Å². The lowest BCUT2D eigenvalue weighted by Crippen LogP contribution is -2.50. The number of likely N-dealkylation sites (tertiary alicyclic amines) is 1. The Labute approximate surface area is 158 Å². The van der Waals surface area contributed by atoms with E-state index in [-0.39, 0.29) is 23.5 Å². The molecule has 3 heterocycles. The molecule has 8 heteroatoms. The van der Waals surface area contributed by atoms with Gasteiger partial charge in [-0.25, -0.2) is 4.98 Å². The Hall–Kier alpha value is -2.06. The second-order valence-electron chi connectivity index (χ2n) is 7.78. The third-order valence-electron chi connectivity index (χ3n) is 6.18. The summed E-state index contributed by atoms with van der Waals surface area (Å²) in [5, 5.41) is 2.75. The third-order valence-corrected chi connectivity index (χ3v) is 6.18. The van der Waals surface area contributed by atoms with Crippen molar-refractivity contribution < 1.29 is 19.1 Å². The summed E-state index contributed by atoms with van der Waals surface area (Å²) in [5.74, 6) is 0.663. The number of aromatic nitrogens is 2. The van der Waals surface area contributed by atoms with Crippen LogP contribution in [0.2, 0.25) is 0 Å². The van der Waals surface area contributed by atoms with E-state index in [1.165, 1.54) is 12.4 Å². The third kappa shape index (κ3) is 3.82. The van der Waals surface area contributed by atoms with Crippen molar-refractivity contribution in [1.82, 2.24) is 14.9 Å². The number of amides is 2. The minimum absolute atomic E-state index is 0.0832. The fourth-order valence-electron chi connectivity index (χ4n) is 4.31. The molecule has 4 rings (SSSR count). The normalized spacial score (nSPS) is 28.9. The van der Waals surface area contributed by atoms with Crippen LogP contribution in [0.3, 0.4) is 0 Å². The molecule has 8 nitrogen and oxygen atoms in total. The Morgan fingerprint density at radius 1 is 1.41 bits per heavy atom. The van der Waals surface area contributed by atoms with Gasteiger partial charge in [-0.05, 0) is 38.0 Å². The first-order chi connectivity index (χ1) is 13.1. The molecular weight excluding hydrogens is 348 g/mol.